The lowest BCUT2D eigenvalue weighted by Crippen LogP contribution is -2.27. The minimum absolute atomic E-state index is 0.0785. The van der Waals surface area contributed by atoms with Crippen molar-refractivity contribution in [1.29, 1.82) is 0 Å². The standard InChI is InChI=1S/C50H94NO8P/c1-3-5-7-9-11-13-15-17-19-21-23-24-25-26-28-30-32-34-36-38-40-42-49(53)51-44-45-58-60(55,56)59-47-48(52)46-57-50(54)43-41-39-37-35-33-31-29-27-22-20-18-16-14-12-10-8-6-4-2/h11,13,17,19,23-24,48,52H,3-10,12,14-16,18,20-22,25-47H2,1-2H3,(H,51,53)(H,55,56)/b13-11-,19-17-,24-23-. The molecular formula is C50H94NO8P. The van der Waals surface area contributed by atoms with E-state index >= 15 is 0 Å². The maximum Gasteiger partial charge on any atom is 0.472 e. The SMILES string of the molecule is CCCCC/C=C\C/C=C\C/C=C\CCCCCCCCCCC(=O)NCCOP(=O)(O)OCC(O)COC(=O)CCCCCCCCCCCCCCCCCCCC. The molecule has 2 unspecified atom stereocenters. The van der Waals surface area contributed by atoms with E-state index < -0.39 is 26.5 Å². The van der Waals surface area contributed by atoms with Crippen molar-refractivity contribution in [2.75, 3.05) is 26.4 Å². The second-order valence-electron chi connectivity index (χ2n) is 16.8. The molecule has 60 heavy (non-hydrogen) atoms. The lowest BCUT2D eigenvalue weighted by Gasteiger charge is -2.15. The Morgan fingerprint density at radius 2 is 0.900 bits per heavy atom. The van der Waals surface area contributed by atoms with Crippen molar-refractivity contribution in [1.82, 2.24) is 5.32 Å². The summed E-state index contributed by atoms with van der Waals surface area (Å²) in [5.41, 5.74) is 0. The molecule has 10 heteroatoms. The first-order valence-electron chi connectivity index (χ1n) is 25.0. The van der Waals surface area contributed by atoms with Gasteiger partial charge in [-0.25, -0.2) is 4.57 Å². The van der Waals surface area contributed by atoms with Crippen molar-refractivity contribution in [3.05, 3.63) is 36.5 Å². The first-order chi connectivity index (χ1) is 29.3. The van der Waals surface area contributed by atoms with Crippen LogP contribution in [0.4, 0.5) is 0 Å². The topological polar surface area (TPSA) is 131 Å². The van der Waals surface area contributed by atoms with Crippen molar-refractivity contribution >= 4 is 19.7 Å². The number of allylic oxidation sites excluding steroid dienone is 6. The molecule has 0 saturated carbocycles. The van der Waals surface area contributed by atoms with Gasteiger partial charge in [0.2, 0.25) is 5.91 Å². The summed E-state index contributed by atoms with van der Waals surface area (Å²) in [7, 11) is -4.42. The van der Waals surface area contributed by atoms with Crippen LogP contribution >= 0.6 is 7.82 Å². The highest BCUT2D eigenvalue weighted by molar-refractivity contribution is 7.47. The number of carbonyl (C=O) groups excluding carboxylic acids is 2. The number of aliphatic hydroxyl groups is 1. The number of hydrogen-bond acceptors (Lipinski definition) is 7. The second kappa shape index (κ2) is 46.7. The molecule has 2 atom stereocenters. The maximum atomic E-state index is 12.1. The fourth-order valence-corrected chi connectivity index (χ4v) is 7.79. The highest BCUT2D eigenvalue weighted by Crippen LogP contribution is 2.42. The molecule has 0 aromatic carbocycles. The van der Waals surface area contributed by atoms with Crippen LogP contribution in [0.15, 0.2) is 36.5 Å². The van der Waals surface area contributed by atoms with Gasteiger partial charge in [0.05, 0.1) is 13.2 Å². The number of ether oxygens (including phenoxy) is 1. The van der Waals surface area contributed by atoms with Gasteiger partial charge in [0, 0.05) is 19.4 Å². The number of nitrogens with one attached hydrogen (secondary N) is 1. The molecule has 352 valence electrons. The molecule has 0 radical (unpaired) electrons. The normalized spacial score (nSPS) is 13.5. The summed E-state index contributed by atoms with van der Waals surface area (Å²) in [6.07, 6.45) is 53.6. The molecule has 0 bridgehead atoms. The summed E-state index contributed by atoms with van der Waals surface area (Å²) in [6.45, 7) is 3.55. The third-order valence-corrected chi connectivity index (χ3v) is 11.8. The Morgan fingerprint density at radius 3 is 1.38 bits per heavy atom. The predicted molar refractivity (Wildman–Crippen MR) is 252 cm³/mol. The zero-order chi connectivity index (χ0) is 43.9. The summed E-state index contributed by atoms with van der Waals surface area (Å²) < 4.78 is 27.0. The van der Waals surface area contributed by atoms with Crippen LogP contribution in [0.3, 0.4) is 0 Å². The number of phosphoric acid groups is 1. The van der Waals surface area contributed by atoms with Crippen LogP contribution < -0.4 is 5.32 Å². The smallest absolute Gasteiger partial charge is 0.463 e. The third kappa shape index (κ3) is 47.3. The number of esters is 1. The molecule has 1 amide bonds. The van der Waals surface area contributed by atoms with Crippen LogP contribution in [-0.2, 0) is 27.9 Å². The first kappa shape index (κ1) is 58.2. The summed E-state index contributed by atoms with van der Waals surface area (Å²) in [5.74, 6) is -0.515. The van der Waals surface area contributed by atoms with E-state index in [-0.39, 0.29) is 32.1 Å². The summed E-state index contributed by atoms with van der Waals surface area (Å²) in [5, 5.41) is 12.7. The van der Waals surface area contributed by atoms with E-state index in [1.165, 1.54) is 154 Å². The fourth-order valence-electron chi connectivity index (χ4n) is 7.04. The number of unbranched alkanes of at least 4 members (excludes halogenated alkanes) is 28. The summed E-state index contributed by atoms with van der Waals surface area (Å²) in [4.78, 5) is 34.0. The molecule has 0 aliphatic carbocycles. The average molecular weight is 868 g/mol. The molecule has 0 aromatic heterocycles. The van der Waals surface area contributed by atoms with Gasteiger partial charge in [0.25, 0.3) is 0 Å². The fraction of sp³-hybridized carbons (Fsp3) is 0.840. The van der Waals surface area contributed by atoms with Gasteiger partial charge in [-0.15, -0.1) is 0 Å². The van der Waals surface area contributed by atoms with Gasteiger partial charge in [0.15, 0.2) is 0 Å². The van der Waals surface area contributed by atoms with E-state index in [0.717, 1.165) is 57.8 Å². The number of amides is 1. The number of phosphoric ester groups is 1. The van der Waals surface area contributed by atoms with Crippen molar-refractivity contribution in [3.63, 3.8) is 0 Å². The van der Waals surface area contributed by atoms with E-state index in [9.17, 15) is 24.2 Å². The molecule has 0 aromatic rings. The van der Waals surface area contributed by atoms with Crippen molar-refractivity contribution in [2.24, 2.45) is 0 Å². The number of hydrogen-bond donors (Lipinski definition) is 3. The number of rotatable bonds is 47. The minimum Gasteiger partial charge on any atom is -0.463 e. The van der Waals surface area contributed by atoms with Crippen LogP contribution in [0.25, 0.3) is 0 Å². The Labute approximate surface area is 369 Å². The van der Waals surface area contributed by atoms with E-state index in [1.54, 1.807) is 0 Å². The monoisotopic (exact) mass is 868 g/mol. The van der Waals surface area contributed by atoms with Gasteiger partial charge < -0.3 is 20.1 Å². The van der Waals surface area contributed by atoms with Crippen LogP contribution in [0.5, 0.6) is 0 Å². The van der Waals surface area contributed by atoms with Gasteiger partial charge in [-0.05, 0) is 51.4 Å². The number of carbonyl (C=O) groups is 2. The van der Waals surface area contributed by atoms with Gasteiger partial charge >= 0.3 is 13.8 Å². The summed E-state index contributed by atoms with van der Waals surface area (Å²) in [6, 6.07) is 0. The average Bonchev–Trinajstić information content (AvgIpc) is 3.23. The molecule has 0 aliphatic heterocycles. The Hall–Kier alpha value is -1.77. The molecule has 0 saturated heterocycles. The second-order valence-corrected chi connectivity index (χ2v) is 18.2. The largest absolute Gasteiger partial charge is 0.472 e. The Kier molecular flexibility index (Phi) is 45.3. The molecule has 0 rings (SSSR count). The molecule has 0 fully saturated rings. The number of aliphatic hydroxyl groups excluding tert-OH is 1. The molecule has 0 spiro atoms. The molecule has 9 nitrogen and oxygen atoms in total. The lowest BCUT2D eigenvalue weighted by atomic mass is 10.0. The van der Waals surface area contributed by atoms with Crippen LogP contribution in [0, 0.1) is 0 Å². The maximum absolute atomic E-state index is 12.1. The van der Waals surface area contributed by atoms with E-state index in [4.69, 9.17) is 13.8 Å². The highest BCUT2D eigenvalue weighted by Gasteiger charge is 2.23. The van der Waals surface area contributed by atoms with Crippen LogP contribution in [-0.4, -0.2) is 54.3 Å². The zero-order valence-corrected chi connectivity index (χ0v) is 39.8. The quantitative estimate of drug-likeness (QED) is 0.0238. The van der Waals surface area contributed by atoms with Gasteiger partial charge in [0.1, 0.15) is 12.7 Å². The predicted octanol–water partition coefficient (Wildman–Crippen LogP) is 14.5. The van der Waals surface area contributed by atoms with Crippen LogP contribution in [0.2, 0.25) is 0 Å². The Balaban J connectivity index is 3.56. The Morgan fingerprint density at radius 1 is 0.517 bits per heavy atom. The van der Waals surface area contributed by atoms with Crippen molar-refractivity contribution < 1.29 is 37.9 Å². The lowest BCUT2D eigenvalue weighted by molar-refractivity contribution is -0.147. The molecular weight excluding hydrogens is 774 g/mol. The van der Waals surface area contributed by atoms with Crippen molar-refractivity contribution in [2.45, 2.75) is 245 Å². The summed E-state index contributed by atoms with van der Waals surface area (Å²) >= 11 is 0. The molecule has 3 N–H and O–H groups in total. The molecule has 0 aliphatic rings. The van der Waals surface area contributed by atoms with Gasteiger partial charge in [-0.3, -0.25) is 18.6 Å². The third-order valence-electron chi connectivity index (χ3n) is 10.8. The van der Waals surface area contributed by atoms with E-state index in [0.29, 0.717) is 6.42 Å². The van der Waals surface area contributed by atoms with Crippen molar-refractivity contribution in [3.8, 4) is 0 Å². The minimum atomic E-state index is -4.42. The zero-order valence-electron chi connectivity index (χ0n) is 38.9. The van der Waals surface area contributed by atoms with Gasteiger partial charge in [-0.1, -0.05) is 211 Å². The van der Waals surface area contributed by atoms with Crippen LogP contribution in [0.1, 0.15) is 239 Å². The first-order valence-corrected chi connectivity index (χ1v) is 26.5. The van der Waals surface area contributed by atoms with Gasteiger partial charge in [-0.2, -0.15) is 0 Å². The van der Waals surface area contributed by atoms with E-state index in [2.05, 4.69) is 55.6 Å². The Bertz CT molecular complexity index is 1080. The molecule has 0 heterocycles. The van der Waals surface area contributed by atoms with E-state index in [1.807, 2.05) is 0 Å². The highest BCUT2D eigenvalue weighted by atomic mass is 31.2.